The van der Waals surface area contributed by atoms with Crippen molar-refractivity contribution in [3.63, 3.8) is 0 Å². The molecule has 0 saturated carbocycles. The fourth-order valence-corrected chi connectivity index (χ4v) is 3.32. The van der Waals surface area contributed by atoms with E-state index >= 15 is 0 Å². The van der Waals surface area contributed by atoms with Crippen LogP contribution >= 0.6 is 11.8 Å². The Morgan fingerprint density at radius 3 is 2.11 bits per heavy atom. The van der Waals surface area contributed by atoms with Crippen LogP contribution in [0.2, 0.25) is 19.6 Å². The van der Waals surface area contributed by atoms with Crippen molar-refractivity contribution in [2.45, 2.75) is 64.6 Å². The number of rotatable bonds is 6. The molecule has 4 nitrogen and oxygen atoms in total. The molecular weight excluding hydrogens is 280 g/mol. The number of carbonyl (C=O) groups excluding carboxylic acids is 2. The summed E-state index contributed by atoms with van der Waals surface area (Å²) < 4.78 is 10.6. The van der Waals surface area contributed by atoms with Crippen molar-refractivity contribution in [3.05, 3.63) is 0 Å². The normalized spacial score (nSPS) is 14.1. The Bertz CT molecular complexity index is 318. The summed E-state index contributed by atoms with van der Waals surface area (Å²) in [5, 5.41) is -0.0381. The Hall–Kier alpha value is -0.333. The molecule has 112 valence electrons. The van der Waals surface area contributed by atoms with Gasteiger partial charge in [0.05, 0.1) is 13.0 Å². The van der Waals surface area contributed by atoms with Crippen LogP contribution in [-0.4, -0.2) is 36.9 Å². The molecular formula is C13H26O4SSi. The Kier molecular flexibility index (Phi) is 7.32. The highest BCUT2D eigenvalue weighted by Gasteiger charge is 2.31. The van der Waals surface area contributed by atoms with Crippen LogP contribution in [0.3, 0.4) is 0 Å². The lowest BCUT2D eigenvalue weighted by Gasteiger charge is -2.25. The Morgan fingerprint density at radius 2 is 1.74 bits per heavy atom. The van der Waals surface area contributed by atoms with Gasteiger partial charge in [0, 0.05) is 4.75 Å². The zero-order chi connectivity index (χ0) is 15.3. The van der Waals surface area contributed by atoms with Gasteiger partial charge in [-0.05, 0) is 26.6 Å². The fourth-order valence-electron chi connectivity index (χ4n) is 1.37. The van der Waals surface area contributed by atoms with E-state index < -0.39 is 20.4 Å². The van der Waals surface area contributed by atoms with Crippen LogP contribution < -0.4 is 0 Å². The van der Waals surface area contributed by atoms with Crippen molar-refractivity contribution < 1.29 is 18.8 Å². The molecule has 0 unspecified atom stereocenters. The minimum Gasteiger partial charge on any atom is -0.464 e. The molecule has 0 heterocycles. The summed E-state index contributed by atoms with van der Waals surface area (Å²) >= 11 is 1.24. The van der Waals surface area contributed by atoms with Gasteiger partial charge in [-0.2, -0.15) is 0 Å². The Labute approximate surface area is 121 Å². The second-order valence-corrected chi connectivity index (χ2v) is 12.6. The highest BCUT2D eigenvalue weighted by Crippen LogP contribution is 2.26. The molecule has 0 bridgehead atoms. The molecule has 6 heteroatoms. The highest BCUT2D eigenvalue weighted by molar-refractivity contribution is 8.14. The van der Waals surface area contributed by atoms with Crippen molar-refractivity contribution >= 4 is 31.2 Å². The second kappa shape index (κ2) is 7.45. The van der Waals surface area contributed by atoms with Gasteiger partial charge in [-0.25, -0.2) is 4.79 Å². The van der Waals surface area contributed by atoms with E-state index in [9.17, 15) is 9.59 Å². The van der Waals surface area contributed by atoms with Gasteiger partial charge in [0.15, 0.2) is 19.5 Å². The molecule has 0 rings (SSSR count). The maximum Gasteiger partial charge on any atom is 0.334 e. The van der Waals surface area contributed by atoms with Crippen molar-refractivity contribution in [1.82, 2.24) is 0 Å². The largest absolute Gasteiger partial charge is 0.464 e. The molecule has 19 heavy (non-hydrogen) atoms. The molecule has 0 aliphatic heterocycles. The zero-order valence-corrected chi connectivity index (χ0v) is 14.8. The van der Waals surface area contributed by atoms with Crippen molar-refractivity contribution in [2.75, 3.05) is 6.61 Å². The van der Waals surface area contributed by atoms with Crippen LogP contribution in [0.1, 0.15) is 34.1 Å². The minimum atomic E-state index is -1.90. The first-order valence-corrected chi connectivity index (χ1v) is 10.7. The standard InChI is InChI=1S/C13H26O4SSi/c1-8-16-12(15)10(17-19(5,6)7)9-11(14)18-13(2,3)4/h10H,8-9H2,1-7H3/t10-/m1/s1. The van der Waals surface area contributed by atoms with Gasteiger partial charge in [-0.3, -0.25) is 4.79 Å². The van der Waals surface area contributed by atoms with Crippen molar-refractivity contribution in [1.29, 1.82) is 0 Å². The molecule has 0 aliphatic rings. The third kappa shape index (κ3) is 10.2. The molecule has 0 N–H and O–H groups in total. The maximum atomic E-state index is 12.0. The molecule has 0 aromatic rings. The molecule has 0 amide bonds. The molecule has 0 saturated heterocycles. The average molecular weight is 307 g/mol. The summed E-state index contributed by atoms with van der Waals surface area (Å²) in [7, 11) is -1.90. The van der Waals surface area contributed by atoms with Gasteiger partial charge >= 0.3 is 5.97 Å². The second-order valence-electron chi connectivity index (χ2n) is 6.26. The summed E-state index contributed by atoms with van der Waals surface area (Å²) in [6, 6.07) is 0. The summed E-state index contributed by atoms with van der Waals surface area (Å²) in [5.74, 6) is -0.437. The number of carbonyl (C=O) groups is 2. The monoisotopic (exact) mass is 306 g/mol. The van der Waals surface area contributed by atoms with E-state index in [1.54, 1.807) is 6.92 Å². The molecule has 0 aromatic heterocycles. The lowest BCUT2D eigenvalue weighted by molar-refractivity contribution is -0.153. The van der Waals surface area contributed by atoms with Crippen LogP contribution in [0, 0.1) is 0 Å². The van der Waals surface area contributed by atoms with Crippen LogP contribution in [-0.2, 0) is 18.8 Å². The van der Waals surface area contributed by atoms with E-state index in [1.807, 2.05) is 40.4 Å². The van der Waals surface area contributed by atoms with Crippen LogP contribution in [0.5, 0.6) is 0 Å². The Morgan fingerprint density at radius 1 is 1.21 bits per heavy atom. The third-order valence-electron chi connectivity index (χ3n) is 1.82. The molecule has 0 aromatic carbocycles. The van der Waals surface area contributed by atoms with Crippen molar-refractivity contribution in [3.8, 4) is 0 Å². The summed E-state index contributed by atoms with van der Waals surface area (Å²) in [6.45, 7) is 13.9. The first-order chi connectivity index (χ1) is 8.44. The fraction of sp³-hybridized carbons (Fsp3) is 0.846. The lowest BCUT2D eigenvalue weighted by atomic mass is 10.2. The average Bonchev–Trinajstić information content (AvgIpc) is 2.11. The van der Waals surface area contributed by atoms with Gasteiger partial charge in [0.1, 0.15) is 0 Å². The van der Waals surface area contributed by atoms with Crippen LogP contribution in [0.4, 0.5) is 0 Å². The number of hydrogen-bond donors (Lipinski definition) is 0. The SMILES string of the molecule is CCOC(=O)[C@@H](CC(=O)SC(C)(C)C)O[Si](C)(C)C. The minimum absolute atomic E-state index is 0.0381. The van der Waals surface area contributed by atoms with Gasteiger partial charge in [-0.15, -0.1) is 0 Å². The van der Waals surface area contributed by atoms with E-state index in [4.69, 9.17) is 9.16 Å². The highest BCUT2D eigenvalue weighted by atomic mass is 32.2. The third-order valence-corrected chi connectivity index (χ3v) is 3.82. The van der Waals surface area contributed by atoms with Crippen LogP contribution in [0.25, 0.3) is 0 Å². The van der Waals surface area contributed by atoms with E-state index in [-0.39, 0.29) is 16.3 Å². The Balaban J connectivity index is 4.67. The quantitative estimate of drug-likeness (QED) is 0.557. The molecule has 0 spiro atoms. The van der Waals surface area contributed by atoms with Crippen LogP contribution in [0.15, 0.2) is 0 Å². The number of thioether (sulfide) groups is 1. The molecule has 1 atom stereocenters. The smallest absolute Gasteiger partial charge is 0.334 e. The molecule has 0 radical (unpaired) electrons. The summed E-state index contributed by atoms with van der Waals surface area (Å²) in [4.78, 5) is 23.8. The number of esters is 1. The van der Waals surface area contributed by atoms with Gasteiger partial charge < -0.3 is 9.16 Å². The summed E-state index contributed by atoms with van der Waals surface area (Å²) in [5.41, 5.74) is 0. The lowest BCUT2D eigenvalue weighted by Crippen LogP contribution is -2.39. The zero-order valence-electron chi connectivity index (χ0n) is 13.0. The van der Waals surface area contributed by atoms with Gasteiger partial charge in [-0.1, -0.05) is 32.5 Å². The number of hydrogen-bond acceptors (Lipinski definition) is 5. The molecule has 0 aliphatic carbocycles. The van der Waals surface area contributed by atoms with E-state index in [0.29, 0.717) is 6.61 Å². The first-order valence-electron chi connectivity index (χ1n) is 6.51. The van der Waals surface area contributed by atoms with E-state index in [0.717, 1.165) is 0 Å². The predicted octanol–water partition coefficient (Wildman–Crippen LogP) is 3.22. The van der Waals surface area contributed by atoms with Gasteiger partial charge in [0.25, 0.3) is 0 Å². The van der Waals surface area contributed by atoms with Gasteiger partial charge in [0.2, 0.25) is 0 Å². The predicted molar refractivity (Wildman–Crippen MR) is 81.8 cm³/mol. The van der Waals surface area contributed by atoms with E-state index in [2.05, 4.69) is 0 Å². The summed E-state index contributed by atoms with van der Waals surface area (Å²) in [6.07, 6.45) is -0.695. The van der Waals surface area contributed by atoms with Crippen molar-refractivity contribution in [2.24, 2.45) is 0 Å². The number of ether oxygens (including phenoxy) is 1. The maximum absolute atomic E-state index is 12.0. The molecule has 0 fully saturated rings. The topological polar surface area (TPSA) is 52.6 Å². The van der Waals surface area contributed by atoms with E-state index in [1.165, 1.54) is 11.8 Å². The first kappa shape index (κ1) is 18.7.